The van der Waals surface area contributed by atoms with E-state index in [1.165, 1.54) is 66.7 Å². The van der Waals surface area contributed by atoms with Crippen LogP contribution < -0.4 is 0 Å². The van der Waals surface area contributed by atoms with Gasteiger partial charge in [-0.1, -0.05) is 364 Å². The number of thioether (sulfide) groups is 1. The van der Waals surface area contributed by atoms with Crippen LogP contribution in [-0.4, -0.2) is 8.75 Å². The Balaban J connectivity index is 0.775. The Kier molecular flexibility index (Phi) is 18.9. The first-order valence-electron chi connectivity index (χ1n) is 33.0. The van der Waals surface area contributed by atoms with Crippen molar-refractivity contribution < 1.29 is 0 Å². The Morgan fingerprint density at radius 2 is 0.551 bits per heavy atom. The molecule has 13 aromatic carbocycles. The second kappa shape index (κ2) is 29.6. The smallest absolute Gasteiger partial charge is 0.113 e. The van der Waals surface area contributed by atoms with E-state index < -0.39 is 0 Å². The summed E-state index contributed by atoms with van der Waals surface area (Å²) >= 11 is 4.87. The number of aromatic nitrogens is 2. The second-order valence-corrected chi connectivity index (χ2v) is 26.6. The number of fused-ring (bicyclic) bond motifs is 1. The lowest BCUT2D eigenvalue weighted by atomic mass is 9.85. The molecule has 0 saturated heterocycles. The van der Waals surface area contributed by atoms with Crippen LogP contribution in [0.5, 0.6) is 0 Å². The summed E-state index contributed by atoms with van der Waals surface area (Å²) in [6, 6.07) is 133. The van der Waals surface area contributed by atoms with Crippen molar-refractivity contribution in [2.45, 2.75) is 5.75 Å². The third-order valence-electron chi connectivity index (χ3n) is 17.8. The fourth-order valence-electron chi connectivity index (χ4n) is 13.1. The molecule has 0 N–H and O–H groups in total. The summed E-state index contributed by atoms with van der Waals surface area (Å²) in [7, 11) is 0. The topological polar surface area (TPSA) is 25.8 Å². The summed E-state index contributed by atoms with van der Waals surface area (Å²) in [5, 5.41) is 0. The Labute approximate surface area is 587 Å². The largest absolute Gasteiger partial charge is 0.173 e. The summed E-state index contributed by atoms with van der Waals surface area (Å²) in [6.07, 6.45) is 2.27. The molecule has 15 aromatic rings. The summed E-state index contributed by atoms with van der Waals surface area (Å²) in [5.74, 6) is 0.661. The van der Waals surface area contributed by atoms with Crippen molar-refractivity contribution in [2.24, 2.45) is 0 Å². The van der Waals surface area contributed by atoms with Gasteiger partial charge in [-0.3, -0.25) is 0 Å². The molecule has 0 spiro atoms. The summed E-state index contributed by atoms with van der Waals surface area (Å²) in [4.78, 5) is 3.44. The van der Waals surface area contributed by atoms with E-state index in [2.05, 4.69) is 376 Å². The van der Waals surface area contributed by atoms with Crippen molar-refractivity contribution in [3.05, 3.63) is 466 Å². The van der Waals surface area contributed by atoms with Crippen molar-refractivity contribution >= 4 is 89.8 Å². The van der Waals surface area contributed by atoms with Crippen LogP contribution in [0.3, 0.4) is 0 Å². The highest BCUT2D eigenvalue weighted by Crippen LogP contribution is 2.45. The van der Waals surface area contributed by atoms with Crippen LogP contribution in [0.15, 0.2) is 383 Å². The maximum Gasteiger partial charge on any atom is 0.113 e. The fourth-order valence-corrected chi connectivity index (χ4v) is 15.8. The molecule has 0 atom stereocenters. The zero-order valence-electron chi connectivity index (χ0n) is 53.8. The molecule has 0 saturated carbocycles. The number of benzene rings is 13. The number of hydrogen-bond donors (Lipinski definition) is 0. The highest BCUT2D eigenvalue weighted by molar-refractivity contribution is 8.07. The summed E-state index contributed by atoms with van der Waals surface area (Å²) in [5.41, 5.74) is 29.2. The molecular formula is C93H66N2S3. The second-order valence-electron chi connectivity index (χ2n) is 24.0. The maximum atomic E-state index is 5.03. The van der Waals surface area contributed by atoms with Crippen LogP contribution >= 0.6 is 34.8 Å². The van der Waals surface area contributed by atoms with Crippen molar-refractivity contribution in [1.82, 2.24) is 8.75 Å². The molecule has 466 valence electrons. The monoisotopic (exact) mass is 1310 g/mol. The molecule has 0 fully saturated rings. The number of rotatable bonds is 20. The molecule has 0 unspecified atom stereocenters. The Bertz CT molecular complexity index is 5210. The quantitative estimate of drug-likeness (QED) is 0.0562. The highest BCUT2D eigenvalue weighted by atomic mass is 32.2. The van der Waals surface area contributed by atoms with Gasteiger partial charge < -0.3 is 0 Å². The van der Waals surface area contributed by atoms with Crippen LogP contribution in [-0.2, 0) is 5.75 Å². The minimum atomic E-state index is 0.661. The predicted octanol–water partition coefficient (Wildman–Crippen LogP) is 25.1. The minimum absolute atomic E-state index is 0.661. The van der Waals surface area contributed by atoms with Crippen LogP contribution in [0.2, 0.25) is 0 Å². The normalized spacial score (nSPS) is 11.2. The van der Waals surface area contributed by atoms with Crippen molar-refractivity contribution in [1.29, 1.82) is 0 Å². The fraction of sp³-hybridized carbons (Fsp3) is 0.0108. The lowest BCUT2D eigenvalue weighted by molar-refractivity contribution is 1.44. The molecular weight excluding hydrogens is 1240 g/mol. The van der Waals surface area contributed by atoms with E-state index in [9.17, 15) is 0 Å². The standard InChI is InChI=1S/C93H66N2S3/c1-65(66-47-53-78(54-48-66)89(75-41-23-8-24-42-75)86(69-29-11-2-12-30-69)70-31-13-3-14-32-70)63-85(68-51-57-80(58-52-68)91(77-45-27-10-28-46-77)88(73-37-19-6-20-38-73)74-39-21-7-22-40-74)96-64-81-59-60-82(93-92(81)94-98-95-93)84-62-61-83(97-84)67-49-55-79(56-50-67)90(76-43-25-9-26-44-76)87(71-33-15-4-16-34-71)72-35-17-5-18-36-72/h2-63H,1,64H2/b85-63-. The SMILES string of the molecule is C=C(/C=C(\SCc1ccc(-c2ccc(-c3ccc(C(=C(c4ccccc4)c4ccccc4)c4ccccc4)cc3)s2)c2nsnc12)c1ccc(C(=C(c2ccccc2)c2ccccc2)c2ccccc2)cc1)c1ccc(C(=C(c2ccccc2)c2ccccc2)c2ccccc2)cc1. The average molecular weight is 1310 g/mol. The van der Waals surface area contributed by atoms with Crippen molar-refractivity contribution in [2.75, 3.05) is 0 Å². The molecule has 0 bridgehead atoms. The molecule has 0 aliphatic heterocycles. The molecule has 0 radical (unpaired) electrons. The van der Waals surface area contributed by atoms with E-state index in [1.807, 2.05) is 0 Å². The van der Waals surface area contributed by atoms with Gasteiger partial charge in [0.05, 0.1) is 11.7 Å². The van der Waals surface area contributed by atoms with E-state index in [1.54, 1.807) is 23.1 Å². The lowest BCUT2D eigenvalue weighted by Gasteiger charge is -2.19. The van der Waals surface area contributed by atoms with Gasteiger partial charge in [0, 0.05) is 26.0 Å². The number of thiophene rings is 1. The molecule has 15 rings (SSSR count). The zero-order chi connectivity index (χ0) is 65.8. The van der Waals surface area contributed by atoms with Crippen LogP contribution in [0.1, 0.15) is 83.5 Å². The van der Waals surface area contributed by atoms with E-state index in [0.717, 1.165) is 104 Å². The van der Waals surface area contributed by atoms with Crippen molar-refractivity contribution in [3.8, 4) is 20.9 Å². The molecule has 5 heteroatoms. The molecule has 2 nitrogen and oxygen atoms in total. The average Bonchev–Trinajstić information content (AvgIpc) is 0.888. The van der Waals surface area contributed by atoms with Gasteiger partial charge in [-0.25, -0.2) is 0 Å². The first kappa shape index (κ1) is 62.5. The number of allylic oxidation sites excluding steroid dienone is 2. The maximum absolute atomic E-state index is 5.03. The summed E-state index contributed by atoms with van der Waals surface area (Å²) in [6.45, 7) is 4.82. The zero-order valence-corrected chi connectivity index (χ0v) is 56.3. The lowest BCUT2D eigenvalue weighted by Crippen LogP contribution is -1.98. The molecule has 0 aliphatic carbocycles. The summed E-state index contributed by atoms with van der Waals surface area (Å²) < 4.78 is 10.0. The Morgan fingerprint density at radius 3 is 0.888 bits per heavy atom. The molecule has 2 aromatic heterocycles. The van der Waals surface area contributed by atoms with E-state index in [-0.39, 0.29) is 0 Å². The van der Waals surface area contributed by atoms with Gasteiger partial charge in [-0.05, 0) is 146 Å². The predicted molar refractivity (Wildman–Crippen MR) is 420 cm³/mol. The third kappa shape index (κ3) is 13.7. The molecule has 0 aliphatic rings. The van der Waals surface area contributed by atoms with Crippen molar-refractivity contribution in [3.63, 3.8) is 0 Å². The third-order valence-corrected chi connectivity index (χ3v) is 20.6. The first-order valence-corrected chi connectivity index (χ1v) is 35.5. The molecule has 0 amide bonds. The Hall–Kier alpha value is -11.6. The van der Waals surface area contributed by atoms with Gasteiger partial charge in [0.1, 0.15) is 11.0 Å². The number of hydrogen-bond acceptors (Lipinski definition) is 5. The molecule has 2 heterocycles. The van der Waals surface area contributed by atoms with Crippen LogP contribution in [0.4, 0.5) is 0 Å². The van der Waals surface area contributed by atoms with Gasteiger partial charge in [-0.15, -0.1) is 23.1 Å². The van der Waals surface area contributed by atoms with Gasteiger partial charge in [0.25, 0.3) is 0 Å². The van der Waals surface area contributed by atoms with Crippen LogP contribution in [0.25, 0.3) is 75.8 Å². The van der Waals surface area contributed by atoms with Crippen LogP contribution in [0, 0.1) is 0 Å². The first-order chi connectivity index (χ1) is 48.6. The molecule has 98 heavy (non-hydrogen) atoms. The van der Waals surface area contributed by atoms with E-state index in [0.29, 0.717) is 5.75 Å². The van der Waals surface area contributed by atoms with Gasteiger partial charge in [0.15, 0.2) is 0 Å². The van der Waals surface area contributed by atoms with E-state index in [4.69, 9.17) is 15.3 Å². The minimum Gasteiger partial charge on any atom is -0.173 e. The van der Waals surface area contributed by atoms with Gasteiger partial charge in [-0.2, -0.15) is 8.75 Å². The van der Waals surface area contributed by atoms with Gasteiger partial charge in [0.2, 0.25) is 0 Å². The van der Waals surface area contributed by atoms with Gasteiger partial charge >= 0.3 is 0 Å². The highest BCUT2D eigenvalue weighted by Gasteiger charge is 2.22. The van der Waals surface area contributed by atoms with E-state index >= 15 is 0 Å². The Morgan fingerprint density at radius 1 is 0.276 bits per heavy atom. The number of nitrogens with zero attached hydrogens (tertiary/aromatic N) is 2.